The normalized spacial score (nSPS) is 11.4. The fraction of sp³-hybridized carbons (Fsp3) is 0.269. The second-order valence-corrected chi connectivity index (χ2v) is 9.05. The monoisotopic (exact) mass is 490 g/mol. The van der Waals surface area contributed by atoms with E-state index in [2.05, 4.69) is 43.0 Å². The standard InChI is InChI=1S/C26H29FN7O2/c1-26(2,3)30-10-5-11-36-20-8-9-21-22(15-20)28-16-29-25(21)32-23-13-19(33-34-23)14-24(35)31-18-7-4-6-17(27)12-18/h4,6-9,12-13,15-16,30H,1,5,10-11,14H2,2-3H3,(H,31,35)(H2,28,29,32,33,34). The van der Waals surface area contributed by atoms with Gasteiger partial charge in [0.1, 0.15) is 23.7 Å². The Morgan fingerprint density at radius 3 is 2.83 bits per heavy atom. The molecule has 0 aliphatic carbocycles. The minimum Gasteiger partial charge on any atom is -0.493 e. The minimum atomic E-state index is -0.414. The summed E-state index contributed by atoms with van der Waals surface area (Å²) >= 11 is 0. The van der Waals surface area contributed by atoms with Crippen molar-refractivity contribution in [3.05, 3.63) is 73.3 Å². The number of nitrogens with one attached hydrogen (secondary N) is 4. The predicted octanol–water partition coefficient (Wildman–Crippen LogP) is 4.39. The third-order valence-electron chi connectivity index (χ3n) is 5.14. The van der Waals surface area contributed by atoms with E-state index in [1.165, 1.54) is 24.5 Å². The molecular weight excluding hydrogens is 461 g/mol. The maximum absolute atomic E-state index is 13.3. The molecule has 1 amide bonds. The quantitative estimate of drug-likeness (QED) is 0.230. The Kier molecular flexibility index (Phi) is 7.74. The number of carbonyl (C=O) groups excluding carboxylic acids is 1. The van der Waals surface area contributed by atoms with Gasteiger partial charge in [-0.25, -0.2) is 14.4 Å². The molecule has 4 aromatic rings. The summed E-state index contributed by atoms with van der Waals surface area (Å²) in [4.78, 5) is 21.0. The highest BCUT2D eigenvalue weighted by molar-refractivity contribution is 5.93. The first kappa shape index (κ1) is 25.1. The number of hydrogen-bond acceptors (Lipinski definition) is 7. The molecule has 10 heteroatoms. The summed E-state index contributed by atoms with van der Waals surface area (Å²) in [5.74, 6) is 1.11. The van der Waals surface area contributed by atoms with Crippen molar-refractivity contribution < 1.29 is 13.9 Å². The van der Waals surface area contributed by atoms with E-state index >= 15 is 0 Å². The van der Waals surface area contributed by atoms with E-state index in [-0.39, 0.29) is 17.9 Å². The fourth-order valence-electron chi connectivity index (χ4n) is 3.50. The summed E-state index contributed by atoms with van der Waals surface area (Å²) in [6.45, 7) is 9.47. The lowest BCUT2D eigenvalue weighted by Gasteiger charge is -2.20. The van der Waals surface area contributed by atoms with Crippen LogP contribution in [0.5, 0.6) is 5.75 Å². The number of aromatic amines is 1. The van der Waals surface area contributed by atoms with Gasteiger partial charge in [-0.1, -0.05) is 6.07 Å². The molecule has 1 radical (unpaired) electrons. The number of rotatable bonds is 11. The van der Waals surface area contributed by atoms with Crippen molar-refractivity contribution in [3.8, 4) is 5.75 Å². The third kappa shape index (κ3) is 7.22. The van der Waals surface area contributed by atoms with Gasteiger partial charge in [0.25, 0.3) is 0 Å². The Hall–Kier alpha value is -4.05. The molecule has 2 aromatic carbocycles. The van der Waals surface area contributed by atoms with Crippen LogP contribution in [0.3, 0.4) is 0 Å². The summed E-state index contributed by atoms with van der Waals surface area (Å²) in [6.07, 6.45) is 2.38. The molecule has 9 nitrogen and oxygen atoms in total. The maximum atomic E-state index is 13.3. The summed E-state index contributed by atoms with van der Waals surface area (Å²) in [5.41, 5.74) is 1.56. The molecular formula is C26H29FN7O2. The number of ether oxygens (including phenoxy) is 1. The van der Waals surface area contributed by atoms with Gasteiger partial charge >= 0.3 is 0 Å². The van der Waals surface area contributed by atoms with Crippen molar-refractivity contribution in [1.29, 1.82) is 0 Å². The van der Waals surface area contributed by atoms with Crippen LogP contribution in [0.25, 0.3) is 10.9 Å². The Bertz CT molecular complexity index is 1330. The van der Waals surface area contributed by atoms with E-state index in [1.807, 2.05) is 32.0 Å². The van der Waals surface area contributed by atoms with Crippen LogP contribution in [-0.2, 0) is 11.2 Å². The predicted molar refractivity (Wildman–Crippen MR) is 138 cm³/mol. The number of carbonyl (C=O) groups is 1. The number of fused-ring (bicyclic) bond motifs is 1. The Morgan fingerprint density at radius 2 is 2.03 bits per heavy atom. The van der Waals surface area contributed by atoms with Crippen LogP contribution in [0.4, 0.5) is 21.7 Å². The van der Waals surface area contributed by atoms with Crippen molar-refractivity contribution in [3.63, 3.8) is 0 Å². The highest BCUT2D eigenvalue weighted by Crippen LogP contribution is 2.26. The molecule has 0 spiro atoms. The number of hydrogen-bond donors (Lipinski definition) is 4. The summed E-state index contributed by atoms with van der Waals surface area (Å²) in [7, 11) is 0. The summed E-state index contributed by atoms with van der Waals surface area (Å²) in [6, 6.07) is 13.1. The Morgan fingerprint density at radius 1 is 1.17 bits per heavy atom. The number of nitrogens with zero attached hydrogens (tertiary/aromatic N) is 3. The average molecular weight is 491 g/mol. The molecule has 4 rings (SSSR count). The second-order valence-electron chi connectivity index (χ2n) is 9.05. The lowest BCUT2D eigenvalue weighted by Crippen LogP contribution is -2.37. The molecule has 36 heavy (non-hydrogen) atoms. The van der Waals surface area contributed by atoms with Crippen LogP contribution in [0.2, 0.25) is 0 Å². The van der Waals surface area contributed by atoms with Gasteiger partial charge in [-0.2, -0.15) is 5.10 Å². The molecule has 187 valence electrons. The maximum Gasteiger partial charge on any atom is 0.230 e. The molecule has 2 aromatic heterocycles. The van der Waals surface area contributed by atoms with E-state index in [0.29, 0.717) is 29.6 Å². The number of benzene rings is 2. The highest BCUT2D eigenvalue weighted by atomic mass is 19.1. The second kappa shape index (κ2) is 11.1. The van der Waals surface area contributed by atoms with E-state index in [4.69, 9.17) is 4.74 Å². The topological polar surface area (TPSA) is 117 Å². The molecule has 4 N–H and O–H groups in total. The van der Waals surface area contributed by atoms with Gasteiger partial charge < -0.3 is 20.7 Å². The molecule has 0 aliphatic heterocycles. The van der Waals surface area contributed by atoms with Crippen LogP contribution < -0.4 is 20.7 Å². The Labute approximate surface area is 208 Å². The molecule has 0 saturated carbocycles. The number of anilines is 3. The van der Waals surface area contributed by atoms with Gasteiger partial charge in [-0.3, -0.25) is 9.89 Å². The first-order chi connectivity index (χ1) is 17.2. The van der Waals surface area contributed by atoms with E-state index in [0.717, 1.165) is 29.6 Å². The molecule has 0 aliphatic rings. The molecule has 2 heterocycles. The number of halogens is 1. The first-order valence-electron chi connectivity index (χ1n) is 11.6. The van der Waals surface area contributed by atoms with Crippen molar-refractivity contribution in [2.75, 3.05) is 23.8 Å². The van der Waals surface area contributed by atoms with Crippen molar-refractivity contribution in [2.45, 2.75) is 32.2 Å². The number of amides is 1. The highest BCUT2D eigenvalue weighted by Gasteiger charge is 2.11. The van der Waals surface area contributed by atoms with Gasteiger partial charge in [0.2, 0.25) is 5.91 Å². The SMILES string of the molecule is [CH2]C(C)(C)NCCCOc1ccc2c(Nc3cc(CC(=O)Nc4cccc(F)c4)[nH]n3)ncnc2c1. The summed E-state index contributed by atoms with van der Waals surface area (Å²) < 4.78 is 19.2. The number of H-pyrrole nitrogens is 1. The first-order valence-corrected chi connectivity index (χ1v) is 11.6. The van der Waals surface area contributed by atoms with E-state index in [1.54, 1.807) is 12.1 Å². The molecule has 0 saturated heterocycles. The molecule has 0 unspecified atom stereocenters. The smallest absolute Gasteiger partial charge is 0.230 e. The average Bonchev–Trinajstić information content (AvgIpc) is 3.24. The van der Waals surface area contributed by atoms with Crippen LogP contribution in [0.15, 0.2) is 54.9 Å². The van der Waals surface area contributed by atoms with Crippen LogP contribution in [0, 0.1) is 12.7 Å². The van der Waals surface area contributed by atoms with Gasteiger partial charge in [0.05, 0.1) is 18.5 Å². The molecule has 0 bridgehead atoms. The zero-order valence-corrected chi connectivity index (χ0v) is 20.3. The fourth-order valence-corrected chi connectivity index (χ4v) is 3.50. The third-order valence-corrected chi connectivity index (χ3v) is 5.14. The lowest BCUT2D eigenvalue weighted by atomic mass is 10.1. The van der Waals surface area contributed by atoms with Gasteiger partial charge in [0.15, 0.2) is 5.82 Å². The lowest BCUT2D eigenvalue weighted by molar-refractivity contribution is -0.115. The summed E-state index contributed by atoms with van der Waals surface area (Å²) in [5, 5.41) is 17.0. The van der Waals surface area contributed by atoms with Crippen LogP contribution in [-0.4, -0.2) is 44.8 Å². The van der Waals surface area contributed by atoms with Crippen molar-refractivity contribution in [1.82, 2.24) is 25.5 Å². The van der Waals surface area contributed by atoms with Crippen molar-refractivity contribution >= 4 is 34.1 Å². The van der Waals surface area contributed by atoms with Gasteiger partial charge in [0, 0.05) is 34.4 Å². The van der Waals surface area contributed by atoms with Gasteiger partial charge in [-0.15, -0.1) is 0 Å². The zero-order chi connectivity index (χ0) is 25.5. The van der Waals surface area contributed by atoms with Crippen LogP contribution in [0.1, 0.15) is 26.0 Å². The Balaban J connectivity index is 1.34. The van der Waals surface area contributed by atoms with Gasteiger partial charge in [-0.05, 0) is 64.1 Å². The van der Waals surface area contributed by atoms with E-state index in [9.17, 15) is 9.18 Å². The largest absolute Gasteiger partial charge is 0.493 e. The van der Waals surface area contributed by atoms with E-state index < -0.39 is 5.82 Å². The zero-order valence-electron chi connectivity index (χ0n) is 20.3. The number of aromatic nitrogens is 4. The minimum absolute atomic E-state index is 0.0538. The molecule has 0 atom stereocenters. The van der Waals surface area contributed by atoms with Crippen LogP contribution >= 0.6 is 0 Å². The molecule has 0 fully saturated rings. The van der Waals surface area contributed by atoms with Crippen molar-refractivity contribution in [2.24, 2.45) is 0 Å².